The van der Waals surface area contributed by atoms with Crippen LogP contribution in [0.4, 0.5) is 4.39 Å². The lowest BCUT2D eigenvalue weighted by Gasteiger charge is -2.34. The van der Waals surface area contributed by atoms with Crippen LogP contribution in [0, 0.1) is 5.82 Å². The van der Waals surface area contributed by atoms with Crippen LogP contribution >= 0.6 is 11.3 Å². The van der Waals surface area contributed by atoms with Crippen molar-refractivity contribution in [1.29, 1.82) is 0 Å². The predicted octanol–water partition coefficient (Wildman–Crippen LogP) is 4.46. The minimum absolute atomic E-state index is 0.0733. The number of rotatable bonds is 4. The smallest absolute Gasteiger partial charge is 0.274 e. The minimum atomic E-state index is -0.195. The first-order valence-electron chi connectivity index (χ1n) is 10.2. The van der Waals surface area contributed by atoms with Crippen LogP contribution in [0.3, 0.4) is 0 Å². The van der Waals surface area contributed by atoms with E-state index in [0.717, 1.165) is 35.5 Å². The van der Waals surface area contributed by atoms with Crippen molar-refractivity contribution >= 4 is 28.3 Å². The molecule has 156 valence electrons. The number of benzene rings is 2. The first-order chi connectivity index (χ1) is 15.2. The molecule has 2 aromatic carbocycles. The molecule has 1 aliphatic heterocycles. The Morgan fingerprint density at radius 2 is 1.68 bits per heavy atom. The topological polar surface area (TPSA) is 49.3 Å². The molecular formula is C24H21FN4OS. The molecule has 0 spiro atoms. The van der Waals surface area contributed by atoms with Gasteiger partial charge in [-0.25, -0.2) is 9.37 Å². The third kappa shape index (κ3) is 4.19. The van der Waals surface area contributed by atoms with E-state index in [-0.39, 0.29) is 11.7 Å². The van der Waals surface area contributed by atoms with Gasteiger partial charge in [-0.1, -0.05) is 30.3 Å². The standard InChI is InChI=1S/C24H21FN4OS/c25-19-6-2-1-5-18(19)23-10-9-17(31-23)16-28-11-13-29(14-12-28)24(30)22-15-26-20-7-3-4-8-21(20)27-22/h1-10,15H,11-14,16H2. The number of amides is 1. The van der Waals surface area contributed by atoms with Crippen LogP contribution in [0.1, 0.15) is 15.4 Å². The lowest BCUT2D eigenvalue weighted by molar-refractivity contribution is 0.0624. The molecule has 31 heavy (non-hydrogen) atoms. The Morgan fingerprint density at radius 1 is 0.935 bits per heavy atom. The van der Waals surface area contributed by atoms with Crippen LogP contribution in [-0.4, -0.2) is 51.9 Å². The van der Waals surface area contributed by atoms with Crippen molar-refractivity contribution in [2.45, 2.75) is 6.54 Å². The average molecular weight is 433 g/mol. The zero-order valence-corrected chi connectivity index (χ0v) is 17.7. The number of carbonyl (C=O) groups is 1. The second-order valence-corrected chi connectivity index (χ2v) is 8.73. The second-order valence-electron chi connectivity index (χ2n) is 7.56. The van der Waals surface area contributed by atoms with Crippen LogP contribution in [0.25, 0.3) is 21.5 Å². The van der Waals surface area contributed by atoms with E-state index in [1.165, 1.54) is 10.9 Å². The molecular weight excluding hydrogens is 411 g/mol. The van der Waals surface area contributed by atoms with Crippen molar-refractivity contribution in [3.8, 4) is 10.4 Å². The zero-order valence-electron chi connectivity index (χ0n) is 16.9. The maximum Gasteiger partial charge on any atom is 0.274 e. The first-order valence-corrected chi connectivity index (χ1v) is 11.1. The molecule has 0 N–H and O–H groups in total. The van der Waals surface area contributed by atoms with E-state index in [4.69, 9.17) is 0 Å². The number of carbonyl (C=O) groups excluding carboxylic acids is 1. The Balaban J connectivity index is 1.20. The highest BCUT2D eigenvalue weighted by atomic mass is 32.1. The van der Waals surface area contributed by atoms with Gasteiger partial charge >= 0.3 is 0 Å². The molecule has 1 amide bonds. The molecule has 5 nitrogen and oxygen atoms in total. The second kappa shape index (κ2) is 8.53. The Hall–Kier alpha value is -3.16. The highest BCUT2D eigenvalue weighted by molar-refractivity contribution is 7.15. The van der Waals surface area contributed by atoms with Crippen LogP contribution in [0.5, 0.6) is 0 Å². The molecule has 2 aromatic heterocycles. The molecule has 3 heterocycles. The summed E-state index contributed by atoms with van der Waals surface area (Å²) < 4.78 is 14.0. The van der Waals surface area contributed by atoms with E-state index < -0.39 is 0 Å². The summed E-state index contributed by atoms with van der Waals surface area (Å²) in [4.78, 5) is 28.0. The van der Waals surface area contributed by atoms with E-state index in [1.807, 2.05) is 47.4 Å². The van der Waals surface area contributed by atoms with Gasteiger partial charge in [0.25, 0.3) is 5.91 Å². The van der Waals surface area contributed by atoms with E-state index in [2.05, 4.69) is 20.9 Å². The van der Waals surface area contributed by atoms with Crippen LogP contribution in [-0.2, 0) is 6.54 Å². The number of aromatic nitrogens is 2. The summed E-state index contributed by atoms with van der Waals surface area (Å²) in [6, 6.07) is 18.5. The zero-order chi connectivity index (χ0) is 21.2. The van der Waals surface area contributed by atoms with Gasteiger partial charge in [0.1, 0.15) is 11.5 Å². The summed E-state index contributed by atoms with van der Waals surface area (Å²) in [5.41, 5.74) is 2.55. The molecule has 0 bridgehead atoms. The molecule has 1 aliphatic rings. The van der Waals surface area contributed by atoms with E-state index in [1.54, 1.807) is 23.6 Å². The van der Waals surface area contributed by atoms with Gasteiger partial charge in [-0.2, -0.15) is 0 Å². The summed E-state index contributed by atoms with van der Waals surface area (Å²) in [6.45, 7) is 3.69. The summed E-state index contributed by atoms with van der Waals surface area (Å²) in [7, 11) is 0. The van der Waals surface area contributed by atoms with Gasteiger partial charge in [0.2, 0.25) is 0 Å². The first kappa shape index (κ1) is 19.8. The van der Waals surface area contributed by atoms with Gasteiger partial charge in [-0.3, -0.25) is 14.7 Å². The van der Waals surface area contributed by atoms with Crippen LogP contribution in [0.15, 0.2) is 66.9 Å². The van der Waals surface area contributed by atoms with Gasteiger partial charge in [-0.15, -0.1) is 11.3 Å². The summed E-state index contributed by atoms with van der Waals surface area (Å²) in [6.07, 6.45) is 1.56. The number of para-hydroxylation sites is 2. The van der Waals surface area contributed by atoms with E-state index >= 15 is 0 Å². The maximum atomic E-state index is 14.0. The molecule has 0 aliphatic carbocycles. The van der Waals surface area contributed by atoms with Crippen LogP contribution in [0.2, 0.25) is 0 Å². The van der Waals surface area contributed by atoms with Crippen LogP contribution < -0.4 is 0 Å². The minimum Gasteiger partial charge on any atom is -0.335 e. The molecule has 0 unspecified atom stereocenters. The summed E-state index contributed by atoms with van der Waals surface area (Å²) >= 11 is 1.62. The number of piperazine rings is 1. The molecule has 1 fully saturated rings. The van der Waals surface area contributed by atoms with Crippen molar-refractivity contribution < 1.29 is 9.18 Å². The van der Waals surface area contributed by atoms with Crippen molar-refractivity contribution in [2.24, 2.45) is 0 Å². The molecule has 4 aromatic rings. The Labute approximate surface area is 183 Å². The maximum absolute atomic E-state index is 14.0. The van der Waals surface area contributed by atoms with Crippen molar-refractivity contribution in [3.05, 3.63) is 83.2 Å². The molecule has 0 atom stereocenters. The van der Waals surface area contributed by atoms with Crippen molar-refractivity contribution in [1.82, 2.24) is 19.8 Å². The quantitative estimate of drug-likeness (QED) is 0.478. The Bertz CT molecular complexity index is 1230. The molecule has 0 saturated carbocycles. The predicted molar refractivity (Wildman–Crippen MR) is 120 cm³/mol. The number of thiophene rings is 1. The molecule has 1 saturated heterocycles. The van der Waals surface area contributed by atoms with Gasteiger partial charge in [0.05, 0.1) is 17.2 Å². The highest BCUT2D eigenvalue weighted by Crippen LogP contribution is 2.30. The SMILES string of the molecule is O=C(c1cnc2ccccc2n1)N1CCN(Cc2ccc(-c3ccccc3F)s2)CC1. The Morgan fingerprint density at radius 3 is 2.48 bits per heavy atom. The number of fused-ring (bicyclic) bond motifs is 1. The highest BCUT2D eigenvalue weighted by Gasteiger charge is 2.24. The number of hydrogen-bond acceptors (Lipinski definition) is 5. The van der Waals surface area contributed by atoms with Crippen molar-refractivity contribution in [2.75, 3.05) is 26.2 Å². The fourth-order valence-electron chi connectivity index (χ4n) is 3.82. The van der Waals surface area contributed by atoms with E-state index in [0.29, 0.717) is 24.3 Å². The fraction of sp³-hybridized carbons (Fsp3) is 0.208. The average Bonchev–Trinajstić information content (AvgIpc) is 3.27. The fourth-order valence-corrected chi connectivity index (χ4v) is 4.90. The van der Waals surface area contributed by atoms with Gasteiger partial charge in [-0.05, 0) is 30.3 Å². The molecule has 7 heteroatoms. The molecule has 5 rings (SSSR count). The lowest BCUT2D eigenvalue weighted by Crippen LogP contribution is -2.48. The number of hydrogen-bond donors (Lipinski definition) is 0. The van der Waals surface area contributed by atoms with Crippen molar-refractivity contribution in [3.63, 3.8) is 0 Å². The number of nitrogens with zero attached hydrogens (tertiary/aromatic N) is 4. The lowest BCUT2D eigenvalue weighted by atomic mass is 10.2. The van der Waals surface area contributed by atoms with Gasteiger partial charge in [0.15, 0.2) is 0 Å². The monoisotopic (exact) mass is 432 g/mol. The summed E-state index contributed by atoms with van der Waals surface area (Å²) in [5.74, 6) is -0.268. The largest absolute Gasteiger partial charge is 0.335 e. The van der Waals surface area contributed by atoms with Gasteiger partial charge < -0.3 is 4.90 Å². The number of halogens is 1. The Kier molecular flexibility index (Phi) is 5.44. The third-order valence-corrected chi connectivity index (χ3v) is 6.61. The normalized spacial score (nSPS) is 14.8. The molecule has 0 radical (unpaired) electrons. The van der Waals surface area contributed by atoms with E-state index in [9.17, 15) is 9.18 Å². The van der Waals surface area contributed by atoms with Gasteiger partial charge in [0, 0.05) is 48.0 Å². The summed E-state index contributed by atoms with van der Waals surface area (Å²) in [5, 5.41) is 0. The third-order valence-electron chi connectivity index (χ3n) is 5.51.